The van der Waals surface area contributed by atoms with E-state index >= 15 is 0 Å². The molecule has 2 amide bonds. The fourth-order valence-corrected chi connectivity index (χ4v) is 3.17. The number of carbonyl (C=O) groups excluding carboxylic acids is 2. The summed E-state index contributed by atoms with van der Waals surface area (Å²) >= 11 is 5.15. The predicted molar refractivity (Wildman–Crippen MR) is 127 cm³/mol. The first kappa shape index (κ1) is 22.6. The van der Waals surface area contributed by atoms with Crippen molar-refractivity contribution in [2.45, 2.75) is 12.8 Å². The van der Waals surface area contributed by atoms with E-state index in [1.807, 2.05) is 30.3 Å². The Morgan fingerprint density at radius 3 is 2.25 bits per heavy atom. The van der Waals surface area contributed by atoms with E-state index in [1.54, 1.807) is 24.3 Å². The van der Waals surface area contributed by atoms with Crippen molar-refractivity contribution in [1.82, 2.24) is 5.32 Å². The number of benzene rings is 3. The molecule has 0 heterocycles. The molecule has 162 valence electrons. The van der Waals surface area contributed by atoms with Crippen LogP contribution in [0, 0.1) is 10.1 Å². The number of nitro groups is 1. The molecule has 3 aromatic rings. The van der Waals surface area contributed by atoms with Gasteiger partial charge in [0.2, 0.25) is 5.91 Å². The molecule has 3 rings (SSSR count). The number of rotatable bonds is 7. The van der Waals surface area contributed by atoms with Crippen LogP contribution in [0.2, 0.25) is 0 Å². The number of nitro benzene ring substituents is 1. The third kappa shape index (κ3) is 6.44. The first-order valence-electron chi connectivity index (χ1n) is 9.72. The van der Waals surface area contributed by atoms with Gasteiger partial charge in [-0.25, -0.2) is 0 Å². The Labute approximate surface area is 189 Å². The van der Waals surface area contributed by atoms with Gasteiger partial charge in [0.15, 0.2) is 5.11 Å². The second kappa shape index (κ2) is 10.8. The molecule has 0 aliphatic carbocycles. The molecule has 9 heteroatoms. The van der Waals surface area contributed by atoms with Crippen molar-refractivity contribution >= 4 is 46.2 Å². The number of nitrogens with zero attached hydrogens (tertiary/aromatic N) is 1. The molecule has 0 saturated carbocycles. The van der Waals surface area contributed by atoms with Crippen molar-refractivity contribution < 1.29 is 14.5 Å². The SMILES string of the molecule is O=C(CCc1ccccc1)Nc1cccc(NC(=S)NC(=O)c2ccccc2[N+](=O)[O-])c1. The summed E-state index contributed by atoms with van der Waals surface area (Å²) in [5.41, 5.74) is 1.78. The number of hydrogen-bond donors (Lipinski definition) is 3. The quantitative estimate of drug-likeness (QED) is 0.282. The van der Waals surface area contributed by atoms with Gasteiger partial charge in [0.25, 0.3) is 11.6 Å². The van der Waals surface area contributed by atoms with Gasteiger partial charge in [0, 0.05) is 23.9 Å². The average Bonchev–Trinajstić information content (AvgIpc) is 2.78. The van der Waals surface area contributed by atoms with Gasteiger partial charge in [-0.3, -0.25) is 25.0 Å². The van der Waals surface area contributed by atoms with Crippen molar-refractivity contribution in [3.63, 3.8) is 0 Å². The highest BCUT2D eigenvalue weighted by Gasteiger charge is 2.19. The first-order chi connectivity index (χ1) is 15.4. The zero-order valence-electron chi connectivity index (χ0n) is 16.9. The van der Waals surface area contributed by atoms with Crippen LogP contribution in [-0.2, 0) is 11.2 Å². The average molecular weight is 449 g/mol. The van der Waals surface area contributed by atoms with E-state index in [0.29, 0.717) is 24.2 Å². The second-order valence-electron chi connectivity index (χ2n) is 6.80. The number of para-hydroxylation sites is 1. The zero-order chi connectivity index (χ0) is 22.9. The van der Waals surface area contributed by atoms with E-state index in [-0.39, 0.29) is 22.3 Å². The Hall–Kier alpha value is -4.11. The van der Waals surface area contributed by atoms with Crippen LogP contribution in [0.3, 0.4) is 0 Å². The van der Waals surface area contributed by atoms with Crippen LogP contribution in [0.1, 0.15) is 22.3 Å². The van der Waals surface area contributed by atoms with Crippen LogP contribution in [0.5, 0.6) is 0 Å². The van der Waals surface area contributed by atoms with E-state index in [4.69, 9.17) is 12.2 Å². The lowest BCUT2D eigenvalue weighted by molar-refractivity contribution is -0.385. The minimum atomic E-state index is -0.694. The van der Waals surface area contributed by atoms with Crippen molar-refractivity contribution in [2.75, 3.05) is 10.6 Å². The molecule has 32 heavy (non-hydrogen) atoms. The van der Waals surface area contributed by atoms with Gasteiger partial charge in [-0.2, -0.15) is 0 Å². The van der Waals surface area contributed by atoms with Gasteiger partial charge >= 0.3 is 0 Å². The van der Waals surface area contributed by atoms with Gasteiger partial charge in [0.05, 0.1) is 4.92 Å². The summed E-state index contributed by atoms with van der Waals surface area (Å²) < 4.78 is 0. The van der Waals surface area contributed by atoms with Gasteiger partial charge < -0.3 is 10.6 Å². The van der Waals surface area contributed by atoms with Crippen molar-refractivity contribution in [2.24, 2.45) is 0 Å². The molecule has 0 saturated heterocycles. The second-order valence-corrected chi connectivity index (χ2v) is 7.21. The Morgan fingerprint density at radius 1 is 0.875 bits per heavy atom. The number of anilines is 2. The summed E-state index contributed by atoms with van der Waals surface area (Å²) in [6.07, 6.45) is 0.971. The van der Waals surface area contributed by atoms with E-state index in [0.717, 1.165) is 5.56 Å². The largest absolute Gasteiger partial charge is 0.332 e. The van der Waals surface area contributed by atoms with Crippen LogP contribution in [0.4, 0.5) is 17.1 Å². The Bertz CT molecular complexity index is 1150. The van der Waals surface area contributed by atoms with Gasteiger partial charge in [-0.05, 0) is 48.5 Å². The van der Waals surface area contributed by atoms with Crippen molar-refractivity contribution in [1.29, 1.82) is 0 Å². The molecular formula is C23H20N4O4S. The number of hydrogen-bond acceptors (Lipinski definition) is 5. The summed E-state index contributed by atoms with van der Waals surface area (Å²) in [7, 11) is 0. The summed E-state index contributed by atoms with van der Waals surface area (Å²) in [6, 6.07) is 22.2. The topological polar surface area (TPSA) is 113 Å². The molecule has 0 aliphatic heterocycles. The smallest absolute Gasteiger partial charge is 0.282 e. The number of aryl methyl sites for hydroxylation is 1. The molecule has 0 radical (unpaired) electrons. The lowest BCUT2D eigenvalue weighted by Crippen LogP contribution is -2.34. The van der Waals surface area contributed by atoms with E-state index < -0.39 is 10.8 Å². The number of amides is 2. The Kier molecular flexibility index (Phi) is 7.60. The maximum Gasteiger partial charge on any atom is 0.282 e. The molecule has 3 aromatic carbocycles. The molecule has 0 bridgehead atoms. The Morgan fingerprint density at radius 2 is 1.53 bits per heavy atom. The van der Waals surface area contributed by atoms with Crippen LogP contribution in [0.25, 0.3) is 0 Å². The van der Waals surface area contributed by atoms with Gasteiger partial charge in [0.1, 0.15) is 5.56 Å². The molecule has 3 N–H and O–H groups in total. The molecule has 0 spiro atoms. The number of nitrogens with one attached hydrogen (secondary N) is 3. The highest BCUT2D eigenvalue weighted by molar-refractivity contribution is 7.80. The molecule has 0 fully saturated rings. The lowest BCUT2D eigenvalue weighted by Gasteiger charge is -2.11. The summed E-state index contributed by atoms with van der Waals surface area (Å²) in [6.45, 7) is 0. The molecule has 0 atom stereocenters. The third-order valence-corrected chi connectivity index (χ3v) is 4.66. The first-order valence-corrected chi connectivity index (χ1v) is 10.1. The van der Waals surface area contributed by atoms with Gasteiger partial charge in [-0.1, -0.05) is 48.5 Å². The summed E-state index contributed by atoms with van der Waals surface area (Å²) in [5, 5.41) is 19.2. The van der Waals surface area contributed by atoms with Crippen LogP contribution >= 0.6 is 12.2 Å². The van der Waals surface area contributed by atoms with Crippen LogP contribution in [0.15, 0.2) is 78.9 Å². The molecule has 0 aliphatic rings. The minimum Gasteiger partial charge on any atom is -0.332 e. The van der Waals surface area contributed by atoms with Crippen molar-refractivity contribution in [3.05, 3.63) is 100 Å². The van der Waals surface area contributed by atoms with Gasteiger partial charge in [-0.15, -0.1) is 0 Å². The molecule has 0 unspecified atom stereocenters. The fourth-order valence-electron chi connectivity index (χ4n) is 2.96. The maximum absolute atomic E-state index is 12.4. The van der Waals surface area contributed by atoms with E-state index in [2.05, 4.69) is 16.0 Å². The van der Waals surface area contributed by atoms with E-state index in [9.17, 15) is 19.7 Å². The molecular weight excluding hydrogens is 428 g/mol. The Balaban J connectivity index is 1.56. The highest BCUT2D eigenvalue weighted by atomic mass is 32.1. The van der Waals surface area contributed by atoms with E-state index in [1.165, 1.54) is 24.3 Å². The minimum absolute atomic E-state index is 0.0271. The fraction of sp³-hybridized carbons (Fsp3) is 0.0870. The normalized spacial score (nSPS) is 10.1. The summed E-state index contributed by atoms with van der Waals surface area (Å²) in [4.78, 5) is 35.1. The van der Waals surface area contributed by atoms with Crippen LogP contribution < -0.4 is 16.0 Å². The zero-order valence-corrected chi connectivity index (χ0v) is 17.7. The number of carbonyl (C=O) groups is 2. The van der Waals surface area contributed by atoms with Crippen molar-refractivity contribution in [3.8, 4) is 0 Å². The third-order valence-electron chi connectivity index (χ3n) is 4.46. The standard InChI is InChI=1S/C23H20N4O4S/c28-21(14-13-16-7-2-1-3-8-16)24-17-9-6-10-18(15-17)25-23(32)26-22(29)19-11-4-5-12-20(19)27(30)31/h1-12,15H,13-14H2,(H,24,28)(H2,25,26,29,32). The molecule has 0 aromatic heterocycles. The lowest BCUT2D eigenvalue weighted by atomic mass is 10.1. The highest BCUT2D eigenvalue weighted by Crippen LogP contribution is 2.18. The van der Waals surface area contributed by atoms with Crippen LogP contribution in [-0.4, -0.2) is 21.9 Å². The number of thiocarbonyl (C=S) groups is 1. The molecule has 8 nitrogen and oxygen atoms in total. The summed E-state index contributed by atoms with van der Waals surface area (Å²) in [5.74, 6) is -0.821. The maximum atomic E-state index is 12.4. The monoisotopic (exact) mass is 448 g/mol. The predicted octanol–water partition coefficient (Wildman–Crippen LogP) is 4.29.